The van der Waals surface area contributed by atoms with E-state index in [-0.39, 0.29) is 17.3 Å². The highest BCUT2D eigenvalue weighted by Crippen LogP contribution is 2.35. The van der Waals surface area contributed by atoms with Crippen LogP contribution in [0.25, 0.3) is 6.08 Å². The number of para-hydroxylation sites is 1. The van der Waals surface area contributed by atoms with Crippen molar-refractivity contribution in [3.8, 4) is 11.5 Å². The summed E-state index contributed by atoms with van der Waals surface area (Å²) in [6, 6.07) is 17.7. The summed E-state index contributed by atoms with van der Waals surface area (Å²) in [7, 11) is 1.47. The number of methoxy groups -OCH3 is 1. The van der Waals surface area contributed by atoms with Gasteiger partial charge in [-0.05, 0) is 65.4 Å². The quantitative estimate of drug-likeness (QED) is 0.377. The van der Waals surface area contributed by atoms with Crippen LogP contribution >= 0.6 is 23.4 Å². The van der Waals surface area contributed by atoms with Crippen LogP contribution in [0, 0.1) is 5.82 Å². The lowest BCUT2D eigenvalue weighted by molar-refractivity contribution is -0.127. The van der Waals surface area contributed by atoms with Crippen molar-refractivity contribution in [1.82, 2.24) is 4.90 Å². The summed E-state index contributed by atoms with van der Waals surface area (Å²) in [5.74, 6) is -0.645. The van der Waals surface area contributed by atoms with E-state index in [2.05, 4.69) is 5.32 Å². The van der Waals surface area contributed by atoms with E-state index in [4.69, 9.17) is 21.1 Å². The zero-order chi connectivity index (χ0) is 25.7. The molecular formula is C26H20ClFN2O5S. The molecular weight excluding hydrogens is 507 g/mol. The van der Waals surface area contributed by atoms with Crippen molar-refractivity contribution < 1.29 is 28.2 Å². The Bertz CT molecular complexity index is 1360. The molecule has 3 aromatic carbocycles. The smallest absolute Gasteiger partial charge is 0.294 e. The number of nitrogens with one attached hydrogen (secondary N) is 1. The number of thioether (sulfide) groups is 1. The lowest BCUT2D eigenvalue weighted by atomic mass is 10.1. The number of anilines is 1. The standard InChI is InChI=1S/C26H20ClFN2O5S/c1-34-22-12-16(9-10-21(22)35-15-17-5-4-6-18(28)11-17)13-23-25(32)30(26(33)36-23)14-24(31)29-20-8-3-2-7-19(20)27/h2-13H,14-15H2,1H3,(H,29,31)/b23-13+. The number of rotatable bonds is 8. The van der Waals surface area contributed by atoms with Crippen LogP contribution in [0.2, 0.25) is 5.02 Å². The van der Waals surface area contributed by atoms with Crippen LogP contribution in [-0.4, -0.2) is 35.6 Å². The highest BCUT2D eigenvalue weighted by Gasteiger charge is 2.36. The average molecular weight is 527 g/mol. The number of hydrogen-bond acceptors (Lipinski definition) is 6. The van der Waals surface area contributed by atoms with E-state index in [1.54, 1.807) is 54.6 Å². The fraction of sp³-hybridized carbons (Fsp3) is 0.115. The van der Waals surface area contributed by atoms with Crippen LogP contribution in [-0.2, 0) is 16.2 Å². The fourth-order valence-electron chi connectivity index (χ4n) is 3.36. The van der Waals surface area contributed by atoms with Crippen molar-refractivity contribution in [2.75, 3.05) is 19.0 Å². The summed E-state index contributed by atoms with van der Waals surface area (Å²) in [4.78, 5) is 38.6. The summed E-state index contributed by atoms with van der Waals surface area (Å²) in [5, 5.41) is 2.39. The van der Waals surface area contributed by atoms with Gasteiger partial charge in [0, 0.05) is 0 Å². The van der Waals surface area contributed by atoms with Crippen molar-refractivity contribution in [2.24, 2.45) is 0 Å². The lowest BCUT2D eigenvalue weighted by Gasteiger charge is -2.13. The predicted octanol–water partition coefficient (Wildman–Crippen LogP) is 5.74. The molecule has 1 aliphatic heterocycles. The van der Waals surface area contributed by atoms with E-state index in [1.807, 2.05) is 0 Å². The Kier molecular flexibility index (Phi) is 7.92. The first-order valence-electron chi connectivity index (χ1n) is 10.7. The Morgan fingerprint density at radius 1 is 1.08 bits per heavy atom. The monoisotopic (exact) mass is 526 g/mol. The minimum Gasteiger partial charge on any atom is -0.493 e. The van der Waals surface area contributed by atoms with E-state index in [1.165, 1.54) is 25.3 Å². The second-order valence-electron chi connectivity index (χ2n) is 7.62. The van der Waals surface area contributed by atoms with Crippen molar-refractivity contribution >= 4 is 52.2 Å². The molecule has 36 heavy (non-hydrogen) atoms. The molecule has 4 rings (SSSR count). The molecule has 10 heteroatoms. The third kappa shape index (κ3) is 6.05. The number of hydrogen-bond donors (Lipinski definition) is 1. The molecule has 1 aliphatic rings. The van der Waals surface area contributed by atoms with Gasteiger partial charge in [0.15, 0.2) is 11.5 Å². The fourth-order valence-corrected chi connectivity index (χ4v) is 4.39. The van der Waals surface area contributed by atoms with Gasteiger partial charge >= 0.3 is 0 Å². The molecule has 0 saturated carbocycles. The van der Waals surface area contributed by atoms with Crippen LogP contribution in [0.15, 0.2) is 71.6 Å². The van der Waals surface area contributed by atoms with Crippen LogP contribution in [0.3, 0.4) is 0 Å². The SMILES string of the molecule is COc1cc(/C=C2/SC(=O)N(CC(=O)Nc3ccccc3Cl)C2=O)ccc1OCc1cccc(F)c1. The minimum absolute atomic E-state index is 0.141. The number of benzene rings is 3. The van der Waals surface area contributed by atoms with Crippen LogP contribution in [0.5, 0.6) is 11.5 Å². The number of halogens is 2. The maximum atomic E-state index is 13.4. The van der Waals surface area contributed by atoms with Gasteiger partial charge in [-0.3, -0.25) is 19.3 Å². The second kappa shape index (κ2) is 11.3. The maximum absolute atomic E-state index is 13.4. The number of nitrogens with zero attached hydrogens (tertiary/aromatic N) is 1. The summed E-state index contributed by atoms with van der Waals surface area (Å²) >= 11 is 6.78. The molecule has 1 heterocycles. The molecule has 0 unspecified atom stereocenters. The Balaban J connectivity index is 1.43. The van der Waals surface area contributed by atoms with E-state index < -0.39 is 23.6 Å². The van der Waals surface area contributed by atoms with Gasteiger partial charge in [0.2, 0.25) is 5.91 Å². The number of ether oxygens (including phenoxy) is 2. The Morgan fingerprint density at radius 2 is 1.89 bits per heavy atom. The van der Waals surface area contributed by atoms with Gasteiger partial charge in [0.1, 0.15) is 19.0 Å². The predicted molar refractivity (Wildman–Crippen MR) is 136 cm³/mol. The molecule has 0 aromatic heterocycles. The van der Waals surface area contributed by atoms with Crippen molar-refractivity contribution in [1.29, 1.82) is 0 Å². The minimum atomic E-state index is -0.579. The normalized spacial score (nSPS) is 14.3. The molecule has 1 fully saturated rings. The van der Waals surface area contributed by atoms with Crippen LogP contribution in [0.4, 0.5) is 14.9 Å². The molecule has 7 nitrogen and oxygen atoms in total. The summed E-state index contributed by atoms with van der Waals surface area (Å²) in [6.45, 7) is -0.300. The molecule has 184 valence electrons. The molecule has 0 radical (unpaired) electrons. The lowest BCUT2D eigenvalue weighted by Crippen LogP contribution is -2.36. The van der Waals surface area contributed by atoms with Gasteiger partial charge < -0.3 is 14.8 Å². The molecule has 0 aliphatic carbocycles. The Labute approximate surface area is 215 Å². The summed E-state index contributed by atoms with van der Waals surface area (Å²) in [6.07, 6.45) is 1.54. The summed E-state index contributed by atoms with van der Waals surface area (Å²) < 4.78 is 24.5. The zero-order valence-corrected chi connectivity index (χ0v) is 20.6. The highest BCUT2D eigenvalue weighted by atomic mass is 35.5. The molecule has 1 saturated heterocycles. The van der Waals surface area contributed by atoms with Gasteiger partial charge in [0.05, 0.1) is 22.7 Å². The number of amides is 3. The number of carbonyl (C=O) groups is 3. The number of imide groups is 1. The Hall–Kier alpha value is -3.82. The molecule has 0 spiro atoms. The molecule has 3 aromatic rings. The first kappa shape index (κ1) is 25.3. The van der Waals surface area contributed by atoms with Crippen molar-refractivity contribution in [2.45, 2.75) is 6.61 Å². The first-order valence-corrected chi connectivity index (χ1v) is 11.9. The van der Waals surface area contributed by atoms with E-state index in [9.17, 15) is 18.8 Å². The second-order valence-corrected chi connectivity index (χ2v) is 9.03. The maximum Gasteiger partial charge on any atom is 0.294 e. The molecule has 0 bridgehead atoms. The van der Waals surface area contributed by atoms with Crippen molar-refractivity contribution in [3.05, 3.63) is 93.6 Å². The topological polar surface area (TPSA) is 84.9 Å². The first-order chi connectivity index (χ1) is 17.3. The van der Waals surface area contributed by atoms with E-state index >= 15 is 0 Å². The highest BCUT2D eigenvalue weighted by molar-refractivity contribution is 8.18. The third-order valence-corrected chi connectivity index (χ3v) is 6.33. The average Bonchev–Trinajstić information content (AvgIpc) is 3.11. The van der Waals surface area contributed by atoms with Gasteiger partial charge in [-0.1, -0.05) is 41.9 Å². The van der Waals surface area contributed by atoms with Gasteiger partial charge in [-0.25, -0.2) is 4.39 Å². The van der Waals surface area contributed by atoms with Gasteiger partial charge in [-0.15, -0.1) is 0 Å². The third-order valence-electron chi connectivity index (χ3n) is 5.09. The number of carbonyl (C=O) groups excluding carboxylic acids is 3. The Morgan fingerprint density at radius 3 is 2.64 bits per heavy atom. The zero-order valence-electron chi connectivity index (χ0n) is 19.0. The molecule has 1 N–H and O–H groups in total. The van der Waals surface area contributed by atoms with Crippen LogP contribution < -0.4 is 14.8 Å². The van der Waals surface area contributed by atoms with Crippen LogP contribution in [0.1, 0.15) is 11.1 Å². The van der Waals surface area contributed by atoms with E-state index in [0.717, 1.165) is 16.7 Å². The van der Waals surface area contributed by atoms with Gasteiger partial charge in [0.25, 0.3) is 11.1 Å². The largest absolute Gasteiger partial charge is 0.493 e. The van der Waals surface area contributed by atoms with Gasteiger partial charge in [-0.2, -0.15) is 0 Å². The molecule has 3 amide bonds. The molecule has 0 atom stereocenters. The van der Waals surface area contributed by atoms with Crippen molar-refractivity contribution in [3.63, 3.8) is 0 Å². The summed E-state index contributed by atoms with van der Waals surface area (Å²) in [5.41, 5.74) is 1.64. The van der Waals surface area contributed by atoms with E-state index in [0.29, 0.717) is 33.3 Å².